The zero-order valence-electron chi connectivity index (χ0n) is 9.61. The standard InChI is InChI=1S/C13H11Cl2NO2/c1-8(14)11-6-7-12(18-11)13(17)16-10-5-3-2-4-9(10)15/h2-8H,1H3,(H,16,17). The Morgan fingerprint density at radius 2 is 2.00 bits per heavy atom. The van der Waals surface area contributed by atoms with Crippen LogP contribution in [0.15, 0.2) is 40.8 Å². The number of rotatable bonds is 3. The van der Waals surface area contributed by atoms with Crippen LogP contribution in [0.25, 0.3) is 0 Å². The van der Waals surface area contributed by atoms with Crippen LogP contribution in [0.2, 0.25) is 5.02 Å². The van der Waals surface area contributed by atoms with Crippen molar-refractivity contribution < 1.29 is 9.21 Å². The van der Waals surface area contributed by atoms with Crippen molar-refractivity contribution in [3.63, 3.8) is 0 Å². The molecule has 0 aliphatic carbocycles. The number of hydrogen-bond donors (Lipinski definition) is 1. The van der Waals surface area contributed by atoms with E-state index in [1.807, 2.05) is 0 Å². The molecule has 0 fully saturated rings. The van der Waals surface area contributed by atoms with E-state index >= 15 is 0 Å². The molecule has 0 aliphatic rings. The minimum absolute atomic E-state index is 0.206. The van der Waals surface area contributed by atoms with E-state index in [4.69, 9.17) is 27.6 Å². The number of furan rings is 1. The van der Waals surface area contributed by atoms with Gasteiger partial charge in [0.1, 0.15) is 5.76 Å². The quantitative estimate of drug-likeness (QED) is 0.844. The third-order valence-corrected chi connectivity index (χ3v) is 2.91. The molecule has 5 heteroatoms. The SMILES string of the molecule is CC(Cl)c1ccc(C(=O)Nc2ccccc2Cl)o1. The first-order chi connectivity index (χ1) is 8.58. The Bertz CT molecular complexity index is 564. The van der Waals surface area contributed by atoms with E-state index < -0.39 is 0 Å². The summed E-state index contributed by atoms with van der Waals surface area (Å²) in [6.07, 6.45) is 0. The van der Waals surface area contributed by atoms with Gasteiger partial charge in [-0.15, -0.1) is 11.6 Å². The Labute approximate surface area is 115 Å². The van der Waals surface area contributed by atoms with Gasteiger partial charge in [-0.25, -0.2) is 0 Å². The van der Waals surface area contributed by atoms with Crippen molar-refractivity contribution in [2.45, 2.75) is 12.3 Å². The lowest BCUT2D eigenvalue weighted by molar-refractivity contribution is 0.0995. The molecule has 2 rings (SSSR count). The van der Waals surface area contributed by atoms with Crippen molar-refractivity contribution in [3.05, 3.63) is 52.9 Å². The lowest BCUT2D eigenvalue weighted by Gasteiger charge is -2.04. The number of hydrogen-bond acceptors (Lipinski definition) is 2. The van der Waals surface area contributed by atoms with Gasteiger partial charge < -0.3 is 9.73 Å². The Morgan fingerprint density at radius 1 is 1.28 bits per heavy atom. The van der Waals surface area contributed by atoms with Crippen LogP contribution in [0.3, 0.4) is 0 Å². The molecule has 1 aromatic heterocycles. The fraction of sp³-hybridized carbons (Fsp3) is 0.154. The molecule has 0 radical (unpaired) electrons. The fourth-order valence-corrected chi connectivity index (χ4v) is 1.74. The first kappa shape index (κ1) is 13.0. The fourth-order valence-electron chi connectivity index (χ4n) is 1.44. The van der Waals surface area contributed by atoms with E-state index in [9.17, 15) is 4.79 Å². The maximum absolute atomic E-state index is 11.9. The van der Waals surface area contributed by atoms with Crippen molar-refractivity contribution in [2.24, 2.45) is 0 Å². The summed E-state index contributed by atoms with van der Waals surface area (Å²) < 4.78 is 5.33. The van der Waals surface area contributed by atoms with Crippen molar-refractivity contribution in [1.82, 2.24) is 0 Å². The highest BCUT2D eigenvalue weighted by Gasteiger charge is 2.14. The van der Waals surface area contributed by atoms with Crippen LogP contribution in [0.5, 0.6) is 0 Å². The van der Waals surface area contributed by atoms with Crippen LogP contribution in [0.4, 0.5) is 5.69 Å². The minimum Gasteiger partial charge on any atom is -0.454 e. The summed E-state index contributed by atoms with van der Waals surface area (Å²) in [6, 6.07) is 10.3. The molecule has 1 atom stereocenters. The molecule has 3 nitrogen and oxygen atoms in total. The Hall–Kier alpha value is -1.45. The van der Waals surface area contributed by atoms with Gasteiger partial charge >= 0.3 is 0 Å². The van der Waals surface area contributed by atoms with Crippen LogP contribution in [0, 0.1) is 0 Å². The van der Waals surface area contributed by atoms with E-state index in [0.717, 1.165) is 0 Å². The number of carbonyl (C=O) groups is 1. The van der Waals surface area contributed by atoms with Crippen molar-refractivity contribution in [3.8, 4) is 0 Å². The van der Waals surface area contributed by atoms with E-state index in [0.29, 0.717) is 16.5 Å². The largest absolute Gasteiger partial charge is 0.454 e. The topological polar surface area (TPSA) is 42.2 Å². The summed E-state index contributed by atoms with van der Waals surface area (Å²) in [7, 11) is 0. The molecule has 1 aromatic carbocycles. The number of anilines is 1. The molecule has 94 valence electrons. The summed E-state index contributed by atoms with van der Waals surface area (Å²) in [5, 5.41) is 2.87. The molecule has 1 heterocycles. The van der Waals surface area contributed by atoms with Gasteiger partial charge in [-0.2, -0.15) is 0 Å². The number of carbonyl (C=O) groups excluding carboxylic acids is 1. The Morgan fingerprint density at radius 3 is 2.61 bits per heavy atom. The lowest BCUT2D eigenvalue weighted by Crippen LogP contribution is -2.11. The molecule has 18 heavy (non-hydrogen) atoms. The zero-order chi connectivity index (χ0) is 13.1. The predicted octanol–water partition coefficient (Wildman–Crippen LogP) is 4.49. The van der Waals surface area contributed by atoms with Gasteiger partial charge in [-0.1, -0.05) is 23.7 Å². The Kier molecular flexibility index (Phi) is 3.94. The summed E-state index contributed by atoms with van der Waals surface area (Å²) in [5.74, 6) is 0.407. The molecule has 1 amide bonds. The average Bonchev–Trinajstić information content (AvgIpc) is 2.81. The molecule has 0 aliphatic heterocycles. The van der Waals surface area contributed by atoms with Crippen molar-refractivity contribution in [2.75, 3.05) is 5.32 Å². The van der Waals surface area contributed by atoms with E-state index in [1.54, 1.807) is 43.3 Å². The van der Waals surface area contributed by atoms with Crippen LogP contribution in [-0.4, -0.2) is 5.91 Å². The van der Waals surface area contributed by atoms with E-state index in [-0.39, 0.29) is 17.0 Å². The number of nitrogens with one attached hydrogen (secondary N) is 1. The second-order valence-electron chi connectivity index (χ2n) is 3.75. The van der Waals surface area contributed by atoms with E-state index in [2.05, 4.69) is 5.32 Å². The number of benzene rings is 1. The molecule has 1 unspecified atom stereocenters. The van der Waals surface area contributed by atoms with Gasteiger partial charge in [-0.05, 0) is 31.2 Å². The maximum Gasteiger partial charge on any atom is 0.291 e. The molecule has 0 saturated carbocycles. The van der Waals surface area contributed by atoms with Gasteiger partial charge in [0.25, 0.3) is 5.91 Å². The summed E-state index contributed by atoms with van der Waals surface area (Å²) in [4.78, 5) is 11.9. The van der Waals surface area contributed by atoms with Crippen molar-refractivity contribution >= 4 is 34.8 Å². The molecule has 0 saturated heterocycles. The summed E-state index contributed by atoms with van der Waals surface area (Å²) in [6.45, 7) is 1.77. The average molecular weight is 284 g/mol. The van der Waals surface area contributed by atoms with Gasteiger partial charge in [0.2, 0.25) is 0 Å². The monoisotopic (exact) mass is 283 g/mol. The van der Waals surface area contributed by atoms with E-state index in [1.165, 1.54) is 0 Å². The molecule has 0 bridgehead atoms. The van der Waals surface area contributed by atoms with Gasteiger partial charge in [0.15, 0.2) is 5.76 Å². The smallest absolute Gasteiger partial charge is 0.291 e. The molecule has 2 aromatic rings. The normalized spacial score (nSPS) is 12.2. The highest BCUT2D eigenvalue weighted by molar-refractivity contribution is 6.33. The predicted molar refractivity (Wildman–Crippen MR) is 72.4 cm³/mol. The summed E-state index contributed by atoms with van der Waals surface area (Å²) >= 11 is 11.8. The minimum atomic E-state index is -0.355. The van der Waals surface area contributed by atoms with Gasteiger partial charge in [-0.3, -0.25) is 4.79 Å². The van der Waals surface area contributed by atoms with Gasteiger partial charge in [0, 0.05) is 0 Å². The highest BCUT2D eigenvalue weighted by atomic mass is 35.5. The number of halogens is 2. The number of para-hydroxylation sites is 1. The first-order valence-corrected chi connectivity index (χ1v) is 6.19. The lowest BCUT2D eigenvalue weighted by atomic mass is 10.3. The first-order valence-electron chi connectivity index (χ1n) is 5.37. The summed E-state index contributed by atoms with van der Waals surface area (Å²) in [5.41, 5.74) is 0.543. The van der Waals surface area contributed by atoms with Crippen LogP contribution < -0.4 is 5.32 Å². The third-order valence-electron chi connectivity index (χ3n) is 2.36. The second-order valence-corrected chi connectivity index (χ2v) is 4.81. The third kappa shape index (κ3) is 2.86. The second kappa shape index (κ2) is 5.46. The number of alkyl halides is 1. The molecule has 0 spiro atoms. The van der Waals surface area contributed by atoms with Crippen LogP contribution in [-0.2, 0) is 0 Å². The molecular formula is C13H11Cl2NO2. The maximum atomic E-state index is 11.9. The van der Waals surface area contributed by atoms with Gasteiger partial charge in [0.05, 0.1) is 16.1 Å². The van der Waals surface area contributed by atoms with Crippen LogP contribution >= 0.6 is 23.2 Å². The molecular weight excluding hydrogens is 273 g/mol. The van der Waals surface area contributed by atoms with Crippen LogP contribution in [0.1, 0.15) is 28.6 Å². The van der Waals surface area contributed by atoms with Crippen molar-refractivity contribution in [1.29, 1.82) is 0 Å². The Balaban J connectivity index is 2.15. The zero-order valence-corrected chi connectivity index (χ0v) is 11.1. The molecule has 1 N–H and O–H groups in total. The number of amides is 1. The highest BCUT2D eigenvalue weighted by Crippen LogP contribution is 2.24.